The third kappa shape index (κ3) is 9.41. The molecule has 17 heavy (non-hydrogen) atoms. The van der Waals surface area contributed by atoms with Crippen LogP contribution in [-0.2, 0) is 0 Å². The Hall–Kier alpha value is -0.300. The van der Waals surface area contributed by atoms with Gasteiger partial charge in [-0.2, -0.15) is 0 Å². The number of rotatable bonds is 9. The summed E-state index contributed by atoms with van der Waals surface area (Å²) in [5, 5.41) is 0. The quantitative estimate of drug-likeness (QED) is 0.518. The van der Waals surface area contributed by atoms with E-state index in [0.717, 1.165) is 5.92 Å². The normalized spacial score (nSPS) is 15.0. The molecular weight excluding hydrogens is 206 g/mol. The number of hydrogen-bond acceptors (Lipinski definition) is 1. The molecular formula is C16H33N. The summed E-state index contributed by atoms with van der Waals surface area (Å²) in [7, 11) is 4.30. The fraction of sp³-hybridized carbons (Fsp3) is 0.875. The van der Waals surface area contributed by atoms with Gasteiger partial charge in [0.15, 0.2) is 0 Å². The summed E-state index contributed by atoms with van der Waals surface area (Å²) in [6.07, 6.45) is 7.94. The molecule has 1 heteroatoms. The molecule has 0 rings (SSSR count). The Bertz CT molecular complexity index is 216. The molecule has 0 heterocycles. The minimum Gasteiger partial charge on any atom is -0.309 e. The van der Waals surface area contributed by atoms with Gasteiger partial charge in [-0.05, 0) is 66.1 Å². The average molecular weight is 239 g/mol. The van der Waals surface area contributed by atoms with E-state index in [1.807, 2.05) is 0 Å². The molecule has 0 amide bonds. The van der Waals surface area contributed by atoms with Crippen LogP contribution in [0.4, 0.5) is 0 Å². The molecule has 0 aliphatic carbocycles. The van der Waals surface area contributed by atoms with Crippen LogP contribution >= 0.6 is 0 Å². The smallest absolute Gasteiger partial charge is 0.00218 e. The first-order valence-electron chi connectivity index (χ1n) is 7.27. The zero-order chi connectivity index (χ0) is 13.3. The van der Waals surface area contributed by atoms with Crippen LogP contribution in [0.25, 0.3) is 0 Å². The standard InChI is InChI=1S/C16H33N/c1-7-9-14(2)11-12-16(4)15(3)10-8-13-17(5)6/h14H,7-13H2,1-6H3. The molecule has 102 valence electrons. The Morgan fingerprint density at radius 3 is 2.12 bits per heavy atom. The third-order valence-electron chi connectivity index (χ3n) is 3.68. The van der Waals surface area contributed by atoms with Crippen molar-refractivity contribution in [1.82, 2.24) is 4.90 Å². The summed E-state index contributed by atoms with van der Waals surface area (Å²) in [4.78, 5) is 2.27. The van der Waals surface area contributed by atoms with Crippen LogP contribution in [0.1, 0.15) is 66.2 Å². The van der Waals surface area contributed by atoms with Gasteiger partial charge in [0.2, 0.25) is 0 Å². The van der Waals surface area contributed by atoms with Crippen molar-refractivity contribution in [3.63, 3.8) is 0 Å². The van der Waals surface area contributed by atoms with Crippen molar-refractivity contribution in [1.29, 1.82) is 0 Å². The molecule has 0 bridgehead atoms. The third-order valence-corrected chi connectivity index (χ3v) is 3.68. The van der Waals surface area contributed by atoms with Gasteiger partial charge in [-0.15, -0.1) is 0 Å². The van der Waals surface area contributed by atoms with E-state index in [1.165, 1.54) is 45.1 Å². The number of nitrogens with zero attached hydrogens (tertiary/aromatic N) is 1. The molecule has 0 aromatic heterocycles. The molecule has 0 fully saturated rings. The van der Waals surface area contributed by atoms with Gasteiger partial charge in [0.25, 0.3) is 0 Å². The molecule has 0 saturated carbocycles. The van der Waals surface area contributed by atoms with Crippen molar-refractivity contribution < 1.29 is 0 Å². The second kappa shape index (κ2) is 9.70. The molecule has 0 aliphatic heterocycles. The van der Waals surface area contributed by atoms with Crippen LogP contribution in [0.2, 0.25) is 0 Å². The number of hydrogen-bond donors (Lipinski definition) is 0. The first-order valence-corrected chi connectivity index (χ1v) is 7.27. The fourth-order valence-electron chi connectivity index (χ4n) is 2.19. The molecule has 0 aromatic carbocycles. The lowest BCUT2D eigenvalue weighted by Gasteiger charge is -2.13. The van der Waals surface area contributed by atoms with E-state index in [-0.39, 0.29) is 0 Å². The molecule has 0 aromatic rings. The Morgan fingerprint density at radius 2 is 1.59 bits per heavy atom. The predicted molar refractivity (Wildman–Crippen MR) is 79.5 cm³/mol. The van der Waals surface area contributed by atoms with E-state index in [0.29, 0.717) is 0 Å². The van der Waals surface area contributed by atoms with Gasteiger partial charge >= 0.3 is 0 Å². The maximum absolute atomic E-state index is 2.39. The van der Waals surface area contributed by atoms with E-state index >= 15 is 0 Å². The average Bonchev–Trinajstić information content (AvgIpc) is 2.25. The summed E-state index contributed by atoms with van der Waals surface area (Å²) in [6, 6.07) is 0. The van der Waals surface area contributed by atoms with Crippen LogP contribution in [0.5, 0.6) is 0 Å². The molecule has 0 spiro atoms. The van der Waals surface area contributed by atoms with Crippen molar-refractivity contribution in [2.75, 3.05) is 20.6 Å². The zero-order valence-electron chi connectivity index (χ0n) is 13.0. The summed E-state index contributed by atoms with van der Waals surface area (Å²) in [5.41, 5.74) is 3.25. The van der Waals surface area contributed by atoms with Crippen molar-refractivity contribution in [2.45, 2.75) is 66.2 Å². The Morgan fingerprint density at radius 1 is 1.00 bits per heavy atom. The molecule has 1 unspecified atom stereocenters. The Balaban J connectivity index is 3.86. The SMILES string of the molecule is CCCC(C)CCC(C)=C(C)CCCN(C)C. The van der Waals surface area contributed by atoms with E-state index in [9.17, 15) is 0 Å². The maximum atomic E-state index is 2.39. The van der Waals surface area contributed by atoms with Crippen LogP contribution in [0, 0.1) is 5.92 Å². The first-order chi connectivity index (χ1) is 7.97. The van der Waals surface area contributed by atoms with Gasteiger partial charge in [0.1, 0.15) is 0 Å². The second-order valence-electron chi connectivity index (χ2n) is 5.90. The van der Waals surface area contributed by atoms with E-state index in [4.69, 9.17) is 0 Å². The topological polar surface area (TPSA) is 3.24 Å². The highest BCUT2D eigenvalue weighted by Crippen LogP contribution is 2.20. The highest BCUT2D eigenvalue weighted by molar-refractivity contribution is 5.09. The van der Waals surface area contributed by atoms with Crippen LogP contribution in [0.3, 0.4) is 0 Å². The van der Waals surface area contributed by atoms with Crippen molar-refractivity contribution in [2.24, 2.45) is 5.92 Å². The second-order valence-corrected chi connectivity index (χ2v) is 5.90. The van der Waals surface area contributed by atoms with Gasteiger partial charge in [-0.1, -0.05) is 37.8 Å². The van der Waals surface area contributed by atoms with Crippen molar-refractivity contribution in [3.8, 4) is 0 Å². The van der Waals surface area contributed by atoms with Crippen LogP contribution in [-0.4, -0.2) is 25.5 Å². The van der Waals surface area contributed by atoms with E-state index < -0.39 is 0 Å². The van der Waals surface area contributed by atoms with Gasteiger partial charge < -0.3 is 4.90 Å². The first kappa shape index (κ1) is 16.7. The van der Waals surface area contributed by atoms with Crippen molar-refractivity contribution in [3.05, 3.63) is 11.1 Å². The molecule has 0 radical (unpaired) electrons. The summed E-state index contributed by atoms with van der Waals surface area (Å²) in [5.74, 6) is 0.893. The summed E-state index contributed by atoms with van der Waals surface area (Å²) >= 11 is 0. The summed E-state index contributed by atoms with van der Waals surface area (Å²) < 4.78 is 0. The molecule has 0 N–H and O–H groups in total. The maximum Gasteiger partial charge on any atom is -0.00218 e. The minimum absolute atomic E-state index is 0.893. The van der Waals surface area contributed by atoms with Gasteiger partial charge in [0.05, 0.1) is 0 Å². The van der Waals surface area contributed by atoms with Crippen LogP contribution in [0.15, 0.2) is 11.1 Å². The van der Waals surface area contributed by atoms with E-state index in [2.05, 4.69) is 46.7 Å². The predicted octanol–water partition coefficient (Wildman–Crippen LogP) is 4.88. The molecule has 1 atom stereocenters. The Kier molecular flexibility index (Phi) is 9.53. The molecule has 0 aliphatic rings. The molecule has 1 nitrogen and oxygen atoms in total. The Labute approximate surface area is 109 Å². The minimum atomic E-state index is 0.893. The zero-order valence-corrected chi connectivity index (χ0v) is 13.0. The fourth-order valence-corrected chi connectivity index (χ4v) is 2.19. The van der Waals surface area contributed by atoms with Gasteiger partial charge in [0, 0.05) is 0 Å². The monoisotopic (exact) mass is 239 g/mol. The van der Waals surface area contributed by atoms with Gasteiger partial charge in [-0.25, -0.2) is 0 Å². The largest absolute Gasteiger partial charge is 0.309 e. The highest BCUT2D eigenvalue weighted by atomic mass is 15.0. The number of allylic oxidation sites excluding steroid dienone is 2. The lowest BCUT2D eigenvalue weighted by Crippen LogP contribution is -2.12. The lowest BCUT2D eigenvalue weighted by molar-refractivity contribution is 0.399. The van der Waals surface area contributed by atoms with E-state index in [1.54, 1.807) is 11.1 Å². The lowest BCUT2D eigenvalue weighted by atomic mass is 9.95. The molecule has 0 saturated heterocycles. The highest BCUT2D eigenvalue weighted by Gasteiger charge is 2.03. The van der Waals surface area contributed by atoms with Crippen molar-refractivity contribution >= 4 is 0 Å². The van der Waals surface area contributed by atoms with Gasteiger partial charge in [-0.3, -0.25) is 0 Å². The summed E-state index contributed by atoms with van der Waals surface area (Å²) in [6.45, 7) is 10.5. The van der Waals surface area contributed by atoms with Crippen LogP contribution < -0.4 is 0 Å².